The first-order valence-corrected chi connectivity index (χ1v) is 9.74. The molecule has 0 aromatic heterocycles. The molecular weight excluding hydrogens is 383 g/mol. The van der Waals surface area contributed by atoms with Gasteiger partial charge in [-0.3, -0.25) is 4.79 Å². The molecule has 1 N–H and O–H groups in total. The zero-order valence-corrected chi connectivity index (χ0v) is 16.2. The van der Waals surface area contributed by atoms with Crippen LogP contribution < -0.4 is 4.74 Å². The van der Waals surface area contributed by atoms with E-state index in [2.05, 4.69) is 12.2 Å². The Balaban J connectivity index is 1.81. The van der Waals surface area contributed by atoms with Crippen molar-refractivity contribution in [3.05, 3.63) is 40.4 Å². The molecule has 138 valence electrons. The number of unbranched alkanes of at least 4 members (excludes halogenated alkanes) is 1. The number of alkyl halides is 1. The van der Waals surface area contributed by atoms with E-state index in [1.165, 1.54) is 0 Å². The van der Waals surface area contributed by atoms with Gasteiger partial charge in [0.1, 0.15) is 5.75 Å². The van der Waals surface area contributed by atoms with Crippen molar-refractivity contribution in [2.75, 3.05) is 6.61 Å². The molecule has 3 atom stereocenters. The van der Waals surface area contributed by atoms with Crippen LogP contribution in [-0.2, 0) is 4.79 Å². The minimum absolute atomic E-state index is 0.153. The van der Waals surface area contributed by atoms with Gasteiger partial charge in [0, 0.05) is 21.8 Å². The van der Waals surface area contributed by atoms with Crippen molar-refractivity contribution < 1.29 is 14.6 Å². The molecule has 1 fully saturated rings. The number of ether oxygens (including phenoxy) is 1. The van der Waals surface area contributed by atoms with E-state index in [4.69, 9.17) is 44.6 Å². The molecule has 0 heterocycles. The van der Waals surface area contributed by atoms with Gasteiger partial charge >= 0.3 is 5.97 Å². The molecule has 1 saturated carbocycles. The number of aliphatic carboxylic acids is 1. The largest absolute Gasteiger partial charge is 0.493 e. The van der Waals surface area contributed by atoms with E-state index in [0.717, 1.165) is 25.7 Å². The SMILES string of the molecule is O=C(O)CCC/C=C\C[C@H]1C(Cl)CC[C@@H]1COc1cc(Cl)cc(Cl)c1. The molecule has 25 heavy (non-hydrogen) atoms. The molecule has 0 aliphatic heterocycles. The average molecular weight is 406 g/mol. The van der Waals surface area contributed by atoms with Crippen molar-refractivity contribution in [2.45, 2.75) is 43.9 Å². The summed E-state index contributed by atoms with van der Waals surface area (Å²) in [6, 6.07) is 5.20. The predicted molar refractivity (Wildman–Crippen MR) is 103 cm³/mol. The number of halogens is 3. The van der Waals surface area contributed by atoms with Gasteiger partial charge in [-0.1, -0.05) is 35.4 Å². The van der Waals surface area contributed by atoms with Crippen LogP contribution in [0.25, 0.3) is 0 Å². The lowest BCUT2D eigenvalue weighted by atomic mass is 9.93. The lowest BCUT2D eigenvalue weighted by Gasteiger charge is -2.21. The van der Waals surface area contributed by atoms with Crippen molar-refractivity contribution in [3.63, 3.8) is 0 Å². The van der Waals surface area contributed by atoms with E-state index in [-0.39, 0.29) is 11.8 Å². The maximum Gasteiger partial charge on any atom is 0.303 e. The number of hydrogen-bond acceptors (Lipinski definition) is 2. The van der Waals surface area contributed by atoms with Crippen LogP contribution in [-0.4, -0.2) is 23.1 Å². The Morgan fingerprint density at radius 1 is 1.20 bits per heavy atom. The molecule has 1 aromatic rings. The highest BCUT2D eigenvalue weighted by atomic mass is 35.5. The Kier molecular flexibility index (Phi) is 8.41. The van der Waals surface area contributed by atoms with Gasteiger partial charge in [-0.2, -0.15) is 0 Å². The van der Waals surface area contributed by atoms with E-state index in [1.54, 1.807) is 18.2 Å². The van der Waals surface area contributed by atoms with Gasteiger partial charge in [0.25, 0.3) is 0 Å². The molecule has 6 heteroatoms. The molecule has 1 unspecified atom stereocenters. The Morgan fingerprint density at radius 2 is 1.92 bits per heavy atom. The van der Waals surface area contributed by atoms with Gasteiger partial charge in [-0.15, -0.1) is 11.6 Å². The van der Waals surface area contributed by atoms with E-state index < -0.39 is 5.97 Å². The standard InChI is InChI=1S/C19H23Cl3O3/c20-14-9-15(21)11-16(10-14)25-12-13-7-8-18(22)17(13)5-3-1-2-4-6-19(23)24/h1,3,9-11,13,17-18H,2,4-8,12H2,(H,23,24)/b3-1-/t13-,17-,18?/m1/s1. The van der Waals surface area contributed by atoms with Crippen LogP contribution in [0.5, 0.6) is 5.75 Å². The first-order chi connectivity index (χ1) is 12.0. The minimum atomic E-state index is -0.747. The highest BCUT2D eigenvalue weighted by Gasteiger charge is 2.34. The summed E-state index contributed by atoms with van der Waals surface area (Å²) in [5, 5.41) is 9.90. The highest BCUT2D eigenvalue weighted by molar-refractivity contribution is 6.34. The van der Waals surface area contributed by atoms with Gasteiger partial charge in [0.05, 0.1) is 6.61 Å². The molecule has 0 amide bonds. The van der Waals surface area contributed by atoms with Gasteiger partial charge in [0.2, 0.25) is 0 Å². The summed E-state index contributed by atoms with van der Waals surface area (Å²) in [5.74, 6) is 0.692. The van der Waals surface area contributed by atoms with E-state index in [1.807, 2.05) is 0 Å². The average Bonchev–Trinajstić information content (AvgIpc) is 2.88. The fourth-order valence-electron chi connectivity index (χ4n) is 3.20. The second-order valence-corrected chi connectivity index (χ2v) is 7.86. The lowest BCUT2D eigenvalue weighted by Crippen LogP contribution is -2.20. The maximum atomic E-state index is 10.5. The zero-order chi connectivity index (χ0) is 18.2. The summed E-state index contributed by atoms with van der Waals surface area (Å²) in [6.45, 7) is 0.595. The maximum absolute atomic E-state index is 10.5. The Hall–Kier alpha value is -0.900. The first-order valence-electron chi connectivity index (χ1n) is 8.55. The second-order valence-electron chi connectivity index (χ2n) is 6.43. The number of carboxylic acids is 1. The van der Waals surface area contributed by atoms with Crippen LogP contribution in [0.2, 0.25) is 10.0 Å². The van der Waals surface area contributed by atoms with Gasteiger partial charge in [0.15, 0.2) is 0 Å². The summed E-state index contributed by atoms with van der Waals surface area (Å²) < 4.78 is 5.88. The third-order valence-electron chi connectivity index (χ3n) is 4.52. The third kappa shape index (κ3) is 7.08. The number of benzene rings is 1. The van der Waals surface area contributed by atoms with Gasteiger partial charge in [-0.25, -0.2) is 0 Å². The van der Waals surface area contributed by atoms with Crippen molar-refractivity contribution in [2.24, 2.45) is 11.8 Å². The summed E-state index contributed by atoms with van der Waals surface area (Å²) in [7, 11) is 0. The van der Waals surface area contributed by atoms with Crippen LogP contribution >= 0.6 is 34.8 Å². The number of carboxylic acid groups (broad SMARTS) is 1. The van der Waals surface area contributed by atoms with Crippen LogP contribution in [0.3, 0.4) is 0 Å². The Labute approximate surface area is 163 Å². The summed E-state index contributed by atoms with van der Waals surface area (Å²) >= 11 is 18.5. The number of carbonyl (C=O) groups is 1. The molecule has 0 bridgehead atoms. The molecule has 1 aliphatic rings. The van der Waals surface area contributed by atoms with E-state index >= 15 is 0 Å². The summed E-state index contributed by atoms with van der Waals surface area (Å²) in [6.07, 6.45) is 8.77. The summed E-state index contributed by atoms with van der Waals surface area (Å²) in [5.41, 5.74) is 0. The van der Waals surface area contributed by atoms with E-state index in [9.17, 15) is 4.79 Å². The normalized spacial score (nSPS) is 23.2. The number of allylic oxidation sites excluding steroid dienone is 2. The van der Waals surface area contributed by atoms with Crippen molar-refractivity contribution in [1.82, 2.24) is 0 Å². The van der Waals surface area contributed by atoms with Crippen LogP contribution in [0.15, 0.2) is 30.4 Å². The minimum Gasteiger partial charge on any atom is -0.493 e. The van der Waals surface area contributed by atoms with Crippen molar-refractivity contribution in [1.29, 1.82) is 0 Å². The predicted octanol–water partition coefficient (Wildman–Crippen LogP) is 6.21. The topological polar surface area (TPSA) is 46.5 Å². The third-order valence-corrected chi connectivity index (χ3v) is 5.50. The second kappa shape index (κ2) is 10.3. The molecular formula is C19H23Cl3O3. The lowest BCUT2D eigenvalue weighted by molar-refractivity contribution is -0.137. The fourth-order valence-corrected chi connectivity index (χ4v) is 4.14. The van der Waals surface area contributed by atoms with Crippen molar-refractivity contribution >= 4 is 40.8 Å². The highest BCUT2D eigenvalue weighted by Crippen LogP contribution is 2.39. The monoisotopic (exact) mass is 404 g/mol. The van der Waals surface area contributed by atoms with Crippen LogP contribution in [0, 0.1) is 11.8 Å². The molecule has 1 aliphatic carbocycles. The Bertz CT molecular complexity index is 583. The molecule has 3 nitrogen and oxygen atoms in total. The van der Waals surface area contributed by atoms with Gasteiger partial charge in [-0.05, 0) is 62.1 Å². The van der Waals surface area contributed by atoms with Crippen molar-refractivity contribution in [3.8, 4) is 5.75 Å². The number of rotatable bonds is 9. The molecule has 1 aromatic carbocycles. The number of hydrogen-bond donors (Lipinski definition) is 1. The zero-order valence-electron chi connectivity index (χ0n) is 14.0. The summed E-state index contributed by atoms with van der Waals surface area (Å²) in [4.78, 5) is 10.5. The fraction of sp³-hybridized carbons (Fsp3) is 0.526. The van der Waals surface area contributed by atoms with Crippen LogP contribution in [0.1, 0.15) is 38.5 Å². The van der Waals surface area contributed by atoms with Gasteiger partial charge < -0.3 is 9.84 Å². The Morgan fingerprint density at radius 3 is 2.60 bits per heavy atom. The molecule has 2 rings (SSSR count). The molecule has 0 spiro atoms. The quantitative estimate of drug-likeness (QED) is 0.302. The molecule has 0 saturated heterocycles. The molecule has 0 radical (unpaired) electrons. The first kappa shape index (κ1) is 20.4. The van der Waals surface area contributed by atoms with E-state index in [0.29, 0.717) is 40.7 Å². The van der Waals surface area contributed by atoms with Crippen LogP contribution in [0.4, 0.5) is 0 Å². The smallest absolute Gasteiger partial charge is 0.303 e.